The van der Waals surface area contributed by atoms with Gasteiger partial charge < -0.3 is 20.7 Å². The Balaban J connectivity index is 1.45. The van der Waals surface area contributed by atoms with Gasteiger partial charge in [-0.1, -0.05) is 0 Å². The molecule has 3 N–H and O–H groups in total. The van der Waals surface area contributed by atoms with E-state index in [-0.39, 0.29) is 25.0 Å². The van der Waals surface area contributed by atoms with Crippen LogP contribution >= 0.6 is 0 Å². The van der Waals surface area contributed by atoms with Crippen LogP contribution in [-0.4, -0.2) is 55.3 Å². The molecule has 0 saturated carbocycles. The van der Waals surface area contributed by atoms with Crippen molar-refractivity contribution in [2.45, 2.75) is 31.9 Å². The van der Waals surface area contributed by atoms with Crippen molar-refractivity contribution in [3.05, 3.63) is 42.3 Å². The number of rotatable bonds is 5. The molecule has 3 heterocycles. The molecule has 2 aliphatic heterocycles. The minimum atomic E-state index is -0.560. The number of carbonyl (C=O) groups is 2. The monoisotopic (exact) mass is 427 g/mol. The van der Waals surface area contributed by atoms with Gasteiger partial charge >= 0.3 is 6.09 Å². The van der Waals surface area contributed by atoms with E-state index < -0.39 is 18.0 Å². The van der Waals surface area contributed by atoms with Crippen molar-refractivity contribution in [2.75, 3.05) is 36.0 Å². The predicted octanol–water partition coefficient (Wildman–Crippen LogP) is 2.28. The number of amides is 2. The standard InChI is InChI=1S/C22H26FN5O3/c1-14(29)25-12-18-13-28(22(30)31-18)17-3-4-19(20(23)10-17)15-2-5-21(26-11-15)27-8-6-16(24)7-9-27/h2-5,10-11,16,18H,6-9,12-13,24H2,1H3,(H,25,29)/t18-/m0/s1. The summed E-state index contributed by atoms with van der Waals surface area (Å²) in [5.74, 6) is 0.209. The van der Waals surface area contributed by atoms with E-state index in [1.54, 1.807) is 18.3 Å². The maximum Gasteiger partial charge on any atom is 0.414 e. The second-order valence-corrected chi connectivity index (χ2v) is 7.95. The second-order valence-electron chi connectivity index (χ2n) is 7.95. The summed E-state index contributed by atoms with van der Waals surface area (Å²) in [7, 11) is 0. The molecule has 0 bridgehead atoms. The molecule has 8 nitrogen and oxygen atoms in total. The molecule has 1 aromatic carbocycles. The molecule has 4 rings (SSSR count). The Hall–Kier alpha value is -3.20. The van der Waals surface area contributed by atoms with Crippen molar-refractivity contribution in [1.82, 2.24) is 10.3 Å². The lowest BCUT2D eigenvalue weighted by Crippen LogP contribution is -2.40. The third-order valence-electron chi connectivity index (χ3n) is 5.64. The van der Waals surface area contributed by atoms with Gasteiger partial charge in [-0.25, -0.2) is 14.2 Å². The molecular formula is C22H26FN5O3. The van der Waals surface area contributed by atoms with E-state index in [2.05, 4.69) is 15.2 Å². The topological polar surface area (TPSA) is 101 Å². The van der Waals surface area contributed by atoms with Crippen molar-refractivity contribution < 1.29 is 18.7 Å². The molecule has 9 heteroatoms. The van der Waals surface area contributed by atoms with E-state index in [0.717, 1.165) is 31.7 Å². The number of hydrogen-bond acceptors (Lipinski definition) is 6. The fraction of sp³-hybridized carbons (Fsp3) is 0.409. The molecule has 2 aliphatic rings. The Morgan fingerprint density at radius 3 is 2.71 bits per heavy atom. The molecule has 2 aromatic rings. The van der Waals surface area contributed by atoms with E-state index >= 15 is 0 Å². The minimum absolute atomic E-state index is 0.201. The number of piperidine rings is 1. The first-order valence-corrected chi connectivity index (χ1v) is 10.4. The highest BCUT2D eigenvalue weighted by atomic mass is 19.1. The molecule has 31 heavy (non-hydrogen) atoms. The third-order valence-corrected chi connectivity index (χ3v) is 5.64. The van der Waals surface area contributed by atoms with Crippen molar-refractivity contribution >= 4 is 23.5 Å². The number of anilines is 2. The third kappa shape index (κ3) is 4.77. The van der Waals surface area contributed by atoms with Gasteiger partial charge in [0.15, 0.2) is 0 Å². The number of nitrogens with zero attached hydrogens (tertiary/aromatic N) is 3. The van der Waals surface area contributed by atoms with Gasteiger partial charge in [-0.15, -0.1) is 0 Å². The maximum atomic E-state index is 14.9. The van der Waals surface area contributed by atoms with Crippen LogP contribution in [0.4, 0.5) is 20.7 Å². The minimum Gasteiger partial charge on any atom is -0.442 e. The first kappa shape index (κ1) is 21.0. The summed E-state index contributed by atoms with van der Waals surface area (Å²) in [6.07, 6.45) is 2.50. The van der Waals surface area contributed by atoms with Crippen molar-refractivity contribution in [1.29, 1.82) is 0 Å². The molecule has 2 amide bonds. The summed E-state index contributed by atoms with van der Waals surface area (Å²) in [6, 6.07) is 8.62. The van der Waals surface area contributed by atoms with Gasteiger partial charge in [0.25, 0.3) is 0 Å². The van der Waals surface area contributed by atoms with E-state index in [4.69, 9.17) is 10.5 Å². The summed E-state index contributed by atoms with van der Waals surface area (Å²) in [5.41, 5.74) is 7.43. The molecule has 2 saturated heterocycles. The van der Waals surface area contributed by atoms with E-state index in [1.807, 2.05) is 12.1 Å². The molecular weight excluding hydrogens is 401 g/mol. The Bertz CT molecular complexity index is 960. The summed E-state index contributed by atoms with van der Waals surface area (Å²) in [5, 5.41) is 2.62. The smallest absolute Gasteiger partial charge is 0.414 e. The van der Waals surface area contributed by atoms with Crippen LogP contribution < -0.4 is 20.9 Å². The number of carbonyl (C=O) groups excluding carboxylic acids is 2. The summed E-state index contributed by atoms with van der Waals surface area (Å²) in [6.45, 7) is 3.59. The van der Waals surface area contributed by atoms with Crippen LogP contribution in [0.15, 0.2) is 36.5 Å². The van der Waals surface area contributed by atoms with Crippen molar-refractivity contribution in [3.8, 4) is 11.1 Å². The number of aromatic nitrogens is 1. The Morgan fingerprint density at radius 1 is 1.29 bits per heavy atom. The van der Waals surface area contributed by atoms with Crippen LogP contribution in [0.2, 0.25) is 0 Å². The molecule has 1 aromatic heterocycles. The van der Waals surface area contributed by atoms with Crippen molar-refractivity contribution in [2.24, 2.45) is 5.73 Å². The molecule has 0 aliphatic carbocycles. The van der Waals surface area contributed by atoms with Gasteiger partial charge in [-0.3, -0.25) is 9.69 Å². The zero-order chi connectivity index (χ0) is 22.0. The SMILES string of the molecule is CC(=O)NC[C@H]1CN(c2ccc(-c3ccc(N4CCC(N)CC4)nc3)c(F)c2)C(=O)O1. The van der Waals surface area contributed by atoms with Crippen LogP contribution in [-0.2, 0) is 9.53 Å². The zero-order valence-electron chi connectivity index (χ0n) is 17.4. The van der Waals surface area contributed by atoms with Crippen LogP contribution in [0.3, 0.4) is 0 Å². The largest absolute Gasteiger partial charge is 0.442 e. The van der Waals surface area contributed by atoms with Gasteiger partial charge in [-0.2, -0.15) is 0 Å². The normalized spacial score (nSPS) is 19.5. The van der Waals surface area contributed by atoms with Gasteiger partial charge in [0, 0.05) is 43.4 Å². The highest BCUT2D eigenvalue weighted by Crippen LogP contribution is 2.29. The average Bonchev–Trinajstić information content (AvgIpc) is 3.13. The summed E-state index contributed by atoms with van der Waals surface area (Å²) in [4.78, 5) is 31.2. The number of halogens is 1. The lowest BCUT2D eigenvalue weighted by Gasteiger charge is -2.31. The molecule has 164 valence electrons. The number of benzene rings is 1. The Morgan fingerprint density at radius 2 is 2.06 bits per heavy atom. The number of nitrogens with one attached hydrogen (secondary N) is 1. The molecule has 0 spiro atoms. The fourth-order valence-electron chi connectivity index (χ4n) is 3.86. The number of ether oxygens (including phenoxy) is 1. The second kappa shape index (κ2) is 8.89. The van der Waals surface area contributed by atoms with Crippen molar-refractivity contribution in [3.63, 3.8) is 0 Å². The van der Waals surface area contributed by atoms with Gasteiger partial charge in [0.05, 0.1) is 18.8 Å². The number of pyridine rings is 1. The molecule has 2 fully saturated rings. The number of hydrogen-bond donors (Lipinski definition) is 2. The first-order valence-electron chi connectivity index (χ1n) is 10.4. The molecule has 0 radical (unpaired) electrons. The molecule has 0 unspecified atom stereocenters. The van der Waals surface area contributed by atoms with Gasteiger partial charge in [-0.05, 0) is 43.2 Å². The Kier molecular flexibility index (Phi) is 6.03. The maximum absolute atomic E-state index is 14.9. The van der Waals surface area contributed by atoms with Crippen LogP contribution in [0, 0.1) is 5.82 Å². The summed E-state index contributed by atoms with van der Waals surface area (Å²) < 4.78 is 20.1. The van der Waals surface area contributed by atoms with Crippen LogP contribution in [0.5, 0.6) is 0 Å². The van der Waals surface area contributed by atoms with Gasteiger partial charge in [0.2, 0.25) is 5.91 Å². The van der Waals surface area contributed by atoms with Crippen LogP contribution in [0.1, 0.15) is 19.8 Å². The van der Waals surface area contributed by atoms with Gasteiger partial charge in [0.1, 0.15) is 17.7 Å². The first-order chi connectivity index (χ1) is 14.9. The lowest BCUT2D eigenvalue weighted by atomic mass is 10.0. The highest BCUT2D eigenvalue weighted by Gasteiger charge is 2.32. The quantitative estimate of drug-likeness (QED) is 0.759. The lowest BCUT2D eigenvalue weighted by molar-refractivity contribution is -0.119. The van der Waals surface area contributed by atoms with E-state index in [9.17, 15) is 14.0 Å². The summed E-state index contributed by atoms with van der Waals surface area (Å²) >= 11 is 0. The number of nitrogens with two attached hydrogens (primary N) is 1. The highest BCUT2D eigenvalue weighted by molar-refractivity contribution is 5.90. The zero-order valence-corrected chi connectivity index (χ0v) is 17.4. The molecule has 1 atom stereocenters. The number of cyclic esters (lactones) is 1. The predicted molar refractivity (Wildman–Crippen MR) is 115 cm³/mol. The van der Waals surface area contributed by atoms with E-state index in [1.165, 1.54) is 17.9 Å². The van der Waals surface area contributed by atoms with Crippen LogP contribution in [0.25, 0.3) is 11.1 Å². The van der Waals surface area contributed by atoms with E-state index in [0.29, 0.717) is 16.8 Å². The average molecular weight is 427 g/mol. The fourth-order valence-corrected chi connectivity index (χ4v) is 3.86. The Labute approximate surface area is 180 Å².